The summed E-state index contributed by atoms with van der Waals surface area (Å²) in [5.41, 5.74) is 10.8. The fourth-order valence-corrected chi connectivity index (χ4v) is 11.1. The molecule has 342 valence electrons. The Morgan fingerprint density at radius 3 is 2.57 bits per heavy atom. The number of halogens is 1. The van der Waals surface area contributed by atoms with Crippen molar-refractivity contribution in [2.75, 3.05) is 82.4 Å². The highest BCUT2D eigenvalue weighted by molar-refractivity contribution is 7.91. The number of carbonyl (C=O) groups is 1. The maximum Gasteiger partial charge on any atom is 0.293 e. The standard InChI is InChI=1S/C47H53ClN8O8S/c1-47(2)15-14-31(37(23-47)30-6-8-32(48)9-7-30)25-53-16-18-54(19-17-53)40-13-11-36(46(49)57)44(64-42-5-3-4-39-43(42)52-29-51-39)45(40)65(60,61)35-10-12-38(41(22-35)56(58)59)50-24-34-26-55(20-21-63-34)33-27-62-28-33/h3-13,22,29,33-34,50H,14-21,23-28H2,1-2H3,(H2,49,57)(H,51,52). The number of nitro benzene ring substituents is 1. The minimum Gasteiger partial charge on any atom is -0.453 e. The molecule has 65 heavy (non-hydrogen) atoms. The monoisotopic (exact) mass is 924 g/mol. The number of carbonyl (C=O) groups excluding carboxylic acids is 1. The summed E-state index contributed by atoms with van der Waals surface area (Å²) in [6, 6.07) is 20.3. The van der Waals surface area contributed by atoms with Crippen LogP contribution in [0.4, 0.5) is 17.1 Å². The van der Waals surface area contributed by atoms with Gasteiger partial charge >= 0.3 is 0 Å². The maximum atomic E-state index is 15.3. The van der Waals surface area contributed by atoms with Gasteiger partial charge in [0.2, 0.25) is 9.84 Å². The van der Waals surface area contributed by atoms with Crippen molar-refractivity contribution in [1.29, 1.82) is 0 Å². The van der Waals surface area contributed by atoms with Crippen LogP contribution in [0.2, 0.25) is 5.02 Å². The van der Waals surface area contributed by atoms with E-state index >= 15 is 8.42 Å². The lowest BCUT2D eigenvalue weighted by atomic mass is 9.72. The van der Waals surface area contributed by atoms with Crippen molar-refractivity contribution in [2.45, 2.75) is 55.0 Å². The molecule has 4 heterocycles. The summed E-state index contributed by atoms with van der Waals surface area (Å²) in [6.07, 6.45) is 4.22. The average Bonchev–Trinajstić information content (AvgIpc) is 3.76. The van der Waals surface area contributed by atoms with E-state index in [1.54, 1.807) is 24.3 Å². The van der Waals surface area contributed by atoms with Gasteiger partial charge in [-0.05, 0) is 84.3 Å². The number of sulfone groups is 1. The van der Waals surface area contributed by atoms with Gasteiger partial charge in [0, 0.05) is 63.4 Å². The molecule has 4 aromatic carbocycles. The molecule has 0 saturated carbocycles. The second-order valence-corrected chi connectivity index (χ2v) is 20.3. The quantitative estimate of drug-likeness (QED) is 0.0751. The molecule has 18 heteroatoms. The van der Waals surface area contributed by atoms with Gasteiger partial charge in [-0.2, -0.15) is 0 Å². The van der Waals surface area contributed by atoms with E-state index in [2.05, 4.69) is 51.1 Å². The summed E-state index contributed by atoms with van der Waals surface area (Å²) in [6.45, 7) is 11.0. The first-order valence-corrected chi connectivity index (χ1v) is 23.8. The molecule has 4 aliphatic rings. The number of primary amides is 1. The Hall–Kier alpha value is -5.56. The van der Waals surface area contributed by atoms with Gasteiger partial charge in [-0.25, -0.2) is 13.4 Å². The number of morpholine rings is 1. The predicted octanol–water partition coefficient (Wildman–Crippen LogP) is 7.15. The molecule has 16 nitrogen and oxygen atoms in total. The molecule has 5 aromatic rings. The number of rotatable bonds is 14. The Kier molecular flexibility index (Phi) is 12.6. The van der Waals surface area contributed by atoms with Crippen LogP contribution in [-0.4, -0.2) is 123 Å². The Morgan fingerprint density at radius 2 is 1.85 bits per heavy atom. The van der Waals surface area contributed by atoms with Crippen LogP contribution >= 0.6 is 11.6 Å². The lowest BCUT2D eigenvalue weighted by Gasteiger charge is -2.42. The van der Waals surface area contributed by atoms with Gasteiger partial charge in [0.1, 0.15) is 16.1 Å². The number of amides is 1. The summed E-state index contributed by atoms with van der Waals surface area (Å²) in [5.74, 6) is -1.03. The number of ether oxygens (including phenoxy) is 3. The van der Waals surface area contributed by atoms with Gasteiger partial charge in [-0.15, -0.1) is 0 Å². The fraction of sp³-hybridized carbons (Fsp3) is 0.404. The number of H-pyrrole nitrogens is 1. The van der Waals surface area contributed by atoms with E-state index in [4.69, 9.17) is 31.5 Å². The molecule has 1 atom stereocenters. The number of anilines is 2. The van der Waals surface area contributed by atoms with E-state index in [0.29, 0.717) is 74.6 Å². The van der Waals surface area contributed by atoms with Gasteiger partial charge in [-0.1, -0.05) is 49.2 Å². The third kappa shape index (κ3) is 9.44. The smallest absolute Gasteiger partial charge is 0.293 e. The van der Waals surface area contributed by atoms with Crippen LogP contribution in [0.15, 0.2) is 94.5 Å². The fourth-order valence-electron chi connectivity index (χ4n) is 9.32. The Balaban J connectivity index is 1.05. The molecular formula is C47H53ClN8O8S. The Morgan fingerprint density at radius 1 is 1.06 bits per heavy atom. The molecule has 3 fully saturated rings. The van der Waals surface area contributed by atoms with Gasteiger partial charge < -0.3 is 35.1 Å². The second kappa shape index (κ2) is 18.4. The third-order valence-electron chi connectivity index (χ3n) is 13.1. The van der Waals surface area contributed by atoms with E-state index in [1.165, 1.54) is 41.2 Å². The van der Waals surface area contributed by atoms with E-state index in [0.717, 1.165) is 38.4 Å². The van der Waals surface area contributed by atoms with E-state index in [-0.39, 0.29) is 56.3 Å². The first kappa shape index (κ1) is 44.6. The average molecular weight is 926 g/mol. The number of fused-ring (bicyclic) bond motifs is 1. The molecule has 0 radical (unpaired) electrons. The second-order valence-electron chi connectivity index (χ2n) is 18.0. The van der Waals surface area contributed by atoms with Crippen molar-refractivity contribution in [3.8, 4) is 11.5 Å². The number of aromatic amines is 1. The van der Waals surface area contributed by atoms with Crippen LogP contribution in [0.5, 0.6) is 11.5 Å². The molecule has 0 spiro atoms. The van der Waals surface area contributed by atoms with Crippen LogP contribution in [0.25, 0.3) is 16.6 Å². The van der Waals surface area contributed by atoms with Crippen molar-refractivity contribution >= 4 is 61.0 Å². The number of nitrogens with zero attached hydrogens (tertiary/aromatic N) is 5. The molecule has 3 saturated heterocycles. The lowest BCUT2D eigenvalue weighted by Crippen LogP contribution is -2.56. The SMILES string of the molecule is CC1(C)CCC(CN2CCN(c3ccc(C(N)=O)c(Oc4cccc5[nH]cnc45)c3S(=O)(=O)c3ccc(NCC4CN(C5COC5)CCO4)c([N+](=O)[O-])c3)CC2)=C(c2ccc(Cl)cc2)C1. The summed E-state index contributed by atoms with van der Waals surface area (Å²) in [5, 5.41) is 16.5. The number of nitrogens with two attached hydrogens (primary N) is 1. The third-order valence-corrected chi connectivity index (χ3v) is 15.1. The summed E-state index contributed by atoms with van der Waals surface area (Å²) in [7, 11) is -4.68. The van der Waals surface area contributed by atoms with Crippen molar-refractivity contribution in [3.63, 3.8) is 0 Å². The molecule has 9 rings (SSSR count). The largest absolute Gasteiger partial charge is 0.453 e. The van der Waals surface area contributed by atoms with Gasteiger partial charge in [0.15, 0.2) is 11.5 Å². The van der Waals surface area contributed by atoms with Crippen LogP contribution < -0.4 is 20.7 Å². The topological polar surface area (TPSA) is 198 Å². The molecule has 1 unspecified atom stereocenters. The van der Waals surface area contributed by atoms with Crippen molar-refractivity contribution in [3.05, 3.63) is 111 Å². The van der Waals surface area contributed by atoms with Crippen molar-refractivity contribution < 1.29 is 32.3 Å². The van der Waals surface area contributed by atoms with Crippen molar-refractivity contribution in [1.82, 2.24) is 19.8 Å². The molecular weight excluding hydrogens is 872 g/mol. The number of allylic oxidation sites excluding steroid dienone is 1. The molecule has 1 aliphatic carbocycles. The highest BCUT2D eigenvalue weighted by atomic mass is 35.5. The molecule has 4 N–H and O–H groups in total. The van der Waals surface area contributed by atoms with Crippen molar-refractivity contribution in [2.24, 2.45) is 11.1 Å². The number of aromatic nitrogens is 2. The highest BCUT2D eigenvalue weighted by Crippen LogP contribution is 2.46. The lowest BCUT2D eigenvalue weighted by molar-refractivity contribution is -0.384. The summed E-state index contributed by atoms with van der Waals surface area (Å²) >= 11 is 6.27. The van der Waals surface area contributed by atoms with E-state index < -0.39 is 26.4 Å². The summed E-state index contributed by atoms with van der Waals surface area (Å²) < 4.78 is 48.4. The Bertz CT molecular complexity index is 2750. The first-order chi connectivity index (χ1) is 31.2. The molecule has 1 aromatic heterocycles. The minimum absolute atomic E-state index is 0.140. The van der Waals surface area contributed by atoms with Crippen LogP contribution in [-0.2, 0) is 19.3 Å². The van der Waals surface area contributed by atoms with E-state index in [9.17, 15) is 14.9 Å². The minimum atomic E-state index is -4.68. The van der Waals surface area contributed by atoms with Crippen LogP contribution in [0.3, 0.4) is 0 Å². The zero-order valence-corrected chi connectivity index (χ0v) is 38.0. The molecule has 3 aliphatic heterocycles. The van der Waals surface area contributed by atoms with Gasteiger partial charge in [0.05, 0.1) is 64.9 Å². The number of piperazine rings is 1. The Labute approximate surface area is 382 Å². The number of benzene rings is 4. The van der Waals surface area contributed by atoms with Gasteiger partial charge in [0.25, 0.3) is 11.6 Å². The predicted molar refractivity (Wildman–Crippen MR) is 249 cm³/mol. The number of para-hydroxylation sites is 1. The maximum absolute atomic E-state index is 15.3. The number of hydrogen-bond acceptors (Lipinski definition) is 13. The number of nitro groups is 1. The zero-order chi connectivity index (χ0) is 45.5. The summed E-state index contributed by atoms with van der Waals surface area (Å²) in [4.78, 5) is 38.6. The first-order valence-electron chi connectivity index (χ1n) is 22.0. The van der Waals surface area contributed by atoms with E-state index in [1.807, 2.05) is 17.0 Å². The highest BCUT2D eigenvalue weighted by Gasteiger charge is 2.37. The normalized spacial score (nSPS) is 19.9. The van der Waals surface area contributed by atoms with Crippen LogP contribution in [0, 0.1) is 15.5 Å². The molecule has 1 amide bonds. The number of nitrogens with one attached hydrogen (secondary N) is 2. The van der Waals surface area contributed by atoms with Gasteiger partial charge in [-0.3, -0.25) is 24.7 Å². The zero-order valence-electron chi connectivity index (χ0n) is 36.4. The molecule has 0 bridgehead atoms. The van der Waals surface area contributed by atoms with Crippen LogP contribution in [0.1, 0.15) is 49.0 Å². The number of hydrogen-bond donors (Lipinski definition) is 3. The number of imidazole rings is 1.